The number of nitrogens with zero attached hydrogens (tertiary/aromatic N) is 1. The number of imide groups is 1. The lowest BCUT2D eigenvalue weighted by Crippen LogP contribution is -2.44. The fourth-order valence-electron chi connectivity index (χ4n) is 17.7. The number of phenolic OH excluding ortho intramolecular Hbond substituents is 1. The Morgan fingerprint density at radius 2 is 0.771 bits per heavy atom. The molecule has 688 valence electrons. The van der Waals surface area contributed by atoms with Crippen molar-refractivity contribution in [3.63, 3.8) is 0 Å². The second-order valence-corrected chi connectivity index (χ2v) is 35.5. The van der Waals surface area contributed by atoms with Crippen LogP contribution in [0.25, 0.3) is 0 Å². The molecule has 15 atom stereocenters. The van der Waals surface area contributed by atoms with Crippen molar-refractivity contribution in [2.24, 2.45) is 82.7 Å². The highest BCUT2D eigenvalue weighted by atomic mass is 16.6. The Balaban J connectivity index is 0.000000380. The highest BCUT2D eigenvalue weighted by molar-refractivity contribution is 6.14. The number of carbonyl (C=O) groups excluding carboxylic acids is 12. The van der Waals surface area contributed by atoms with Crippen molar-refractivity contribution in [1.82, 2.24) is 10.2 Å². The summed E-state index contributed by atoms with van der Waals surface area (Å²) in [6.45, 7) is 23.6. The monoisotopic (exact) mass is 1780 g/mol. The number of aryl methyl sites for hydroxylation is 2. The number of aromatic hydroxyl groups is 1. The van der Waals surface area contributed by atoms with E-state index in [1.54, 1.807) is 172 Å². The molecule has 3 fully saturated rings. The first kappa shape index (κ1) is 101. The molecule has 0 spiro atoms. The number of ether oxygens (including phenoxy) is 3. The smallest absolute Gasteiger partial charge is 0.318 e. The number of nitrogens with one attached hydrogen (secondary N) is 1. The summed E-state index contributed by atoms with van der Waals surface area (Å²) in [4.78, 5) is 192. The van der Waals surface area contributed by atoms with Crippen molar-refractivity contribution in [2.75, 3.05) is 19.6 Å². The van der Waals surface area contributed by atoms with E-state index < -0.39 is 137 Å². The molecule has 0 bridgehead atoms. The lowest BCUT2D eigenvalue weighted by molar-refractivity contribution is -0.155. The standard InChI is InChI=1S/C74H80N2O14.C16H14O3.C14H16O3.C4H11N/c1-8-54(47-21-13-9-14-22-47)66(74(88)89-53-35-33-52(34-36-53)62(78)40-61(77)51-31-29-45(6)30-32-51)60(71(84)85)39-57(50-27-19-12-20-28-50)65-58(68(80)76(69(65)81)42-44(4)5)37-56(49-25-17-11-18-26-49)64(67(79)75-41-43(2)3)59(70(82)83)38-55(48-23-15-10-16-24-48)63-46(7)72(86)90-73(63)87;1-11-2-4-12(5-3-11)15(18)10-16(19)13-6-8-14(17)9-7-13;1-3-11(10-7-5-4-6-8-10)12-9(2)13(15)17-14(12)16;1-4(2)3-5/h9-36,43-44,46,54-60,63-66H,8,37-42H2,1-7H3,(H,75,79)(H,82,83)(H,84,85);2-9,17H,10H2,1H3;4-9,11-12H,3H2,1-2H3;4H,3,5H2,1-2H3. The van der Waals surface area contributed by atoms with E-state index in [4.69, 9.17) is 25.1 Å². The van der Waals surface area contributed by atoms with Crippen LogP contribution in [-0.2, 0) is 57.4 Å². The Bertz CT molecular complexity index is 5340. The van der Waals surface area contributed by atoms with E-state index >= 15 is 19.2 Å². The van der Waals surface area contributed by atoms with Crippen LogP contribution in [-0.4, -0.2) is 122 Å². The van der Waals surface area contributed by atoms with Gasteiger partial charge in [-0.25, -0.2) is 0 Å². The van der Waals surface area contributed by atoms with Crippen LogP contribution in [0, 0.1) is 90.8 Å². The van der Waals surface area contributed by atoms with Gasteiger partial charge in [-0.05, 0) is 176 Å². The van der Waals surface area contributed by atoms with E-state index in [2.05, 4.69) is 19.2 Å². The van der Waals surface area contributed by atoms with E-state index in [0.29, 0.717) is 44.9 Å². The zero-order chi connectivity index (χ0) is 95.4. The third-order valence-electron chi connectivity index (χ3n) is 24.8. The lowest BCUT2D eigenvalue weighted by Gasteiger charge is -2.37. The number of carboxylic acids is 2. The first-order valence-corrected chi connectivity index (χ1v) is 45.0. The summed E-state index contributed by atoms with van der Waals surface area (Å²) in [5, 5.41) is 35.5. The van der Waals surface area contributed by atoms with Crippen LogP contribution in [0.2, 0.25) is 0 Å². The number of phenols is 1. The molecule has 3 saturated heterocycles. The maximum atomic E-state index is 15.8. The number of Topliss-reactive ketones (excluding diaryl/α,β-unsaturated/α-hetero) is 4. The van der Waals surface area contributed by atoms with Crippen LogP contribution in [0.15, 0.2) is 249 Å². The molecule has 9 aromatic rings. The average molecular weight is 1780 g/mol. The molecule has 0 aliphatic carbocycles. The van der Waals surface area contributed by atoms with Crippen LogP contribution in [0.5, 0.6) is 11.5 Å². The van der Waals surface area contributed by atoms with E-state index in [1.165, 1.54) is 53.4 Å². The summed E-state index contributed by atoms with van der Waals surface area (Å²) >= 11 is 0. The van der Waals surface area contributed by atoms with Gasteiger partial charge in [0.05, 0.1) is 72.0 Å². The van der Waals surface area contributed by atoms with Gasteiger partial charge in [-0.2, -0.15) is 0 Å². The van der Waals surface area contributed by atoms with Crippen molar-refractivity contribution in [1.29, 1.82) is 0 Å². The molecule has 0 saturated carbocycles. The SMILES string of the molecule is CC(C)CN.CCC(c1ccccc1)C(C(=O)Oc1ccc(C(=O)CC(=O)c2ccc(C)cc2)cc1)C(CC(c1ccccc1)C1C(=O)N(CC(C)C)C(=O)C1CC(c1ccccc1)C(C(=O)NCC(C)C)C(CC(c1ccccc1)C1C(=O)OC(=O)C1C)C(=O)O)C(=O)O.CCC(c1ccccc1)C1C(=O)OC(=O)C1C.Cc1ccc(C(=O)CC(=O)c2ccc(O)cc2)cc1. The van der Waals surface area contributed by atoms with Crippen LogP contribution in [0.4, 0.5) is 0 Å². The number of rotatable bonds is 38. The average Bonchev–Trinajstić information content (AvgIpc) is 1.61. The van der Waals surface area contributed by atoms with Crippen LogP contribution in [0.3, 0.4) is 0 Å². The van der Waals surface area contributed by atoms with Crippen LogP contribution in [0.1, 0.15) is 224 Å². The van der Waals surface area contributed by atoms with Gasteiger partial charge in [0.15, 0.2) is 23.1 Å². The second-order valence-electron chi connectivity index (χ2n) is 35.5. The Morgan fingerprint density at radius 3 is 1.12 bits per heavy atom. The van der Waals surface area contributed by atoms with Crippen molar-refractivity contribution >= 4 is 82.6 Å². The summed E-state index contributed by atoms with van der Waals surface area (Å²) < 4.78 is 16.0. The zero-order valence-corrected chi connectivity index (χ0v) is 76.4. The van der Waals surface area contributed by atoms with Crippen molar-refractivity contribution in [3.8, 4) is 11.5 Å². The summed E-state index contributed by atoms with van der Waals surface area (Å²) in [7, 11) is 0. The summed E-state index contributed by atoms with van der Waals surface area (Å²) in [6.07, 6.45) is -0.502. The lowest BCUT2D eigenvalue weighted by atomic mass is 9.64. The molecule has 3 heterocycles. The van der Waals surface area contributed by atoms with Crippen molar-refractivity contribution in [3.05, 3.63) is 310 Å². The minimum absolute atomic E-state index is 0.00102. The molecule has 3 aliphatic rings. The number of hydrogen-bond donors (Lipinski definition) is 5. The zero-order valence-electron chi connectivity index (χ0n) is 76.4. The maximum absolute atomic E-state index is 15.8. The number of carbonyl (C=O) groups is 14. The van der Waals surface area contributed by atoms with E-state index in [0.717, 1.165) is 29.7 Å². The molecular weight excluding hydrogens is 1660 g/mol. The molecule has 23 heteroatoms. The fourth-order valence-corrected chi connectivity index (χ4v) is 17.7. The molecule has 12 rings (SSSR count). The van der Waals surface area contributed by atoms with E-state index in [9.17, 15) is 58.2 Å². The number of ketones is 4. The first-order chi connectivity index (χ1) is 62.5. The molecular formula is C108H121N3O20. The largest absolute Gasteiger partial charge is 0.508 e. The fraction of sp³-hybridized carbons (Fsp3) is 0.370. The highest BCUT2D eigenvalue weighted by Crippen LogP contribution is 2.52. The van der Waals surface area contributed by atoms with Crippen LogP contribution >= 0.6 is 0 Å². The first-order valence-electron chi connectivity index (χ1n) is 45.0. The van der Waals surface area contributed by atoms with Gasteiger partial charge in [0.2, 0.25) is 17.7 Å². The van der Waals surface area contributed by atoms with Gasteiger partial charge in [0.1, 0.15) is 11.5 Å². The van der Waals surface area contributed by atoms with E-state index in [1.807, 2.05) is 97.9 Å². The second kappa shape index (κ2) is 48.4. The quantitative estimate of drug-likeness (QED) is 0.00789. The van der Waals surface area contributed by atoms with Gasteiger partial charge in [-0.1, -0.05) is 281 Å². The third kappa shape index (κ3) is 27.2. The van der Waals surface area contributed by atoms with Gasteiger partial charge in [0.25, 0.3) is 0 Å². The number of nitrogens with two attached hydrogens (primary N) is 1. The van der Waals surface area contributed by atoms with Crippen molar-refractivity contribution in [2.45, 2.75) is 158 Å². The number of esters is 5. The molecule has 15 unspecified atom stereocenters. The molecule has 6 N–H and O–H groups in total. The van der Waals surface area contributed by atoms with Gasteiger partial charge in [0, 0.05) is 35.3 Å². The summed E-state index contributed by atoms with van der Waals surface area (Å²) in [5.74, 6) is -24.2. The van der Waals surface area contributed by atoms with E-state index in [-0.39, 0.29) is 115 Å². The highest BCUT2D eigenvalue weighted by Gasteiger charge is 2.57. The Labute approximate surface area is 766 Å². The predicted octanol–water partition coefficient (Wildman–Crippen LogP) is 18.3. The third-order valence-corrected chi connectivity index (χ3v) is 24.8. The molecule has 131 heavy (non-hydrogen) atoms. The maximum Gasteiger partial charge on any atom is 0.318 e. The minimum atomic E-state index is -1.61. The summed E-state index contributed by atoms with van der Waals surface area (Å²) in [5.41, 5.74) is 12.0. The number of cyclic esters (lactones) is 4. The van der Waals surface area contributed by atoms with Gasteiger partial charge in [-0.3, -0.25) is 72.0 Å². The Morgan fingerprint density at radius 1 is 0.420 bits per heavy atom. The molecule has 3 aliphatic heterocycles. The molecule has 3 amide bonds. The van der Waals surface area contributed by atoms with Gasteiger partial charge < -0.3 is 40.6 Å². The predicted molar refractivity (Wildman–Crippen MR) is 496 cm³/mol. The Hall–Kier alpha value is -13.3. The number of benzene rings is 9. The number of hydrogen-bond acceptors (Lipinski definition) is 19. The van der Waals surface area contributed by atoms with Crippen LogP contribution < -0.4 is 15.8 Å². The Kier molecular flexibility index (Phi) is 37.5. The molecule has 0 aromatic heterocycles. The molecule has 23 nitrogen and oxygen atoms in total. The molecule has 9 aromatic carbocycles. The van der Waals surface area contributed by atoms with Gasteiger partial charge >= 0.3 is 41.8 Å². The number of likely N-dealkylation sites (tertiary alicyclic amines) is 1. The number of carboxylic acid groups (broad SMARTS) is 2. The van der Waals surface area contributed by atoms with Gasteiger partial charge in [-0.15, -0.1) is 0 Å². The van der Waals surface area contributed by atoms with Crippen molar-refractivity contribution < 1.29 is 96.7 Å². The number of aliphatic carboxylic acids is 2. The summed E-state index contributed by atoms with van der Waals surface area (Å²) in [6, 6.07) is 70.4. The minimum Gasteiger partial charge on any atom is -0.508 e. The topological polar surface area (TPSA) is 369 Å². The number of amides is 3. The normalized spacial score (nSPS) is 18.4. The molecule has 0 radical (unpaired) electrons.